The molecule has 0 atom stereocenters. The number of benzene rings is 2. The molecule has 0 aliphatic carbocycles. The molecular weight excluding hydrogens is 405 g/mol. The van der Waals surface area contributed by atoms with Gasteiger partial charge in [-0.05, 0) is 49.1 Å². The van der Waals surface area contributed by atoms with Gasteiger partial charge < -0.3 is 10.3 Å². The first-order chi connectivity index (χ1) is 14.5. The molecule has 2 heterocycles. The molecule has 1 aliphatic rings. The zero-order chi connectivity index (χ0) is 21.1. The molecule has 2 aromatic carbocycles. The minimum absolute atomic E-state index is 0.130. The number of aromatic nitrogens is 1. The van der Waals surface area contributed by atoms with Crippen molar-refractivity contribution in [2.75, 3.05) is 19.6 Å². The summed E-state index contributed by atoms with van der Waals surface area (Å²) in [5.41, 5.74) is 2.24. The summed E-state index contributed by atoms with van der Waals surface area (Å²) in [5, 5.41) is 3.90. The van der Waals surface area contributed by atoms with E-state index < -0.39 is 26.6 Å². The number of piperidine rings is 1. The number of aromatic amines is 1. The summed E-state index contributed by atoms with van der Waals surface area (Å²) < 4.78 is 41.3. The highest BCUT2D eigenvalue weighted by Crippen LogP contribution is 2.24. The van der Waals surface area contributed by atoms with E-state index in [1.54, 1.807) is 0 Å². The summed E-state index contributed by atoms with van der Waals surface area (Å²) in [6, 6.07) is 11.4. The zero-order valence-corrected chi connectivity index (χ0v) is 17.3. The number of hydrogen-bond donors (Lipinski definition) is 2. The summed E-state index contributed by atoms with van der Waals surface area (Å²) in [4.78, 5) is 15.3. The van der Waals surface area contributed by atoms with Crippen LogP contribution in [-0.4, -0.2) is 43.2 Å². The van der Waals surface area contributed by atoms with Crippen LogP contribution in [0.1, 0.15) is 35.2 Å². The zero-order valence-electron chi connectivity index (χ0n) is 16.5. The van der Waals surface area contributed by atoms with Gasteiger partial charge in [0.25, 0.3) is 5.91 Å². The Kier molecular flexibility index (Phi) is 5.87. The normalized spacial score (nSPS) is 15.4. The van der Waals surface area contributed by atoms with Crippen molar-refractivity contribution < 1.29 is 17.6 Å². The Morgan fingerprint density at radius 1 is 1.10 bits per heavy atom. The largest absolute Gasteiger partial charge is 0.361 e. The molecule has 6 nitrogen and oxygen atoms in total. The topological polar surface area (TPSA) is 82.3 Å². The van der Waals surface area contributed by atoms with Crippen molar-refractivity contribution in [2.45, 2.75) is 30.6 Å². The molecule has 4 rings (SSSR count). The van der Waals surface area contributed by atoms with E-state index in [1.807, 2.05) is 30.5 Å². The first kappa shape index (κ1) is 20.6. The van der Waals surface area contributed by atoms with Crippen LogP contribution in [0.4, 0.5) is 4.39 Å². The molecule has 0 radical (unpaired) electrons. The van der Waals surface area contributed by atoms with E-state index in [9.17, 15) is 17.6 Å². The van der Waals surface area contributed by atoms with Crippen LogP contribution >= 0.6 is 0 Å². The fraction of sp³-hybridized carbons (Fsp3) is 0.318. The van der Waals surface area contributed by atoms with Gasteiger partial charge >= 0.3 is 0 Å². The Morgan fingerprint density at radius 3 is 2.67 bits per heavy atom. The summed E-state index contributed by atoms with van der Waals surface area (Å²) in [6.07, 6.45) is 5.02. The smallest absolute Gasteiger partial charge is 0.251 e. The van der Waals surface area contributed by atoms with Crippen LogP contribution in [0.5, 0.6) is 0 Å². The molecule has 0 spiro atoms. The van der Waals surface area contributed by atoms with E-state index in [0.717, 1.165) is 47.9 Å². The van der Waals surface area contributed by atoms with Crippen molar-refractivity contribution in [2.24, 2.45) is 0 Å². The van der Waals surface area contributed by atoms with Crippen molar-refractivity contribution in [1.29, 1.82) is 0 Å². The molecule has 0 unspecified atom stereocenters. The molecule has 1 aliphatic heterocycles. The van der Waals surface area contributed by atoms with E-state index in [1.165, 1.54) is 10.4 Å². The summed E-state index contributed by atoms with van der Waals surface area (Å²) in [7, 11) is -3.95. The molecule has 1 aromatic heterocycles. The predicted octanol–water partition coefficient (Wildman–Crippen LogP) is 3.45. The van der Waals surface area contributed by atoms with E-state index >= 15 is 0 Å². The number of carbonyl (C=O) groups excluding carboxylic acids is 1. The van der Waals surface area contributed by atoms with Crippen molar-refractivity contribution in [3.63, 3.8) is 0 Å². The summed E-state index contributed by atoms with van der Waals surface area (Å²) in [5.74, 6) is -1.26. The number of rotatable bonds is 6. The second-order valence-electron chi connectivity index (χ2n) is 7.48. The molecular formula is C22H24FN3O3S. The third kappa shape index (κ3) is 4.11. The molecule has 1 fully saturated rings. The minimum atomic E-state index is -3.95. The van der Waals surface area contributed by atoms with E-state index in [2.05, 4.69) is 10.3 Å². The van der Waals surface area contributed by atoms with Crippen LogP contribution in [0.2, 0.25) is 0 Å². The Labute approximate surface area is 175 Å². The molecule has 1 saturated heterocycles. The van der Waals surface area contributed by atoms with Gasteiger partial charge in [0.15, 0.2) is 0 Å². The highest BCUT2D eigenvalue weighted by Gasteiger charge is 2.29. The third-order valence-electron chi connectivity index (χ3n) is 5.48. The van der Waals surface area contributed by atoms with Crippen molar-refractivity contribution in [3.8, 4) is 0 Å². The van der Waals surface area contributed by atoms with Crippen LogP contribution in [0.3, 0.4) is 0 Å². The van der Waals surface area contributed by atoms with E-state index in [0.29, 0.717) is 26.1 Å². The maximum Gasteiger partial charge on any atom is 0.251 e. The highest BCUT2D eigenvalue weighted by atomic mass is 32.2. The molecule has 3 aromatic rings. The van der Waals surface area contributed by atoms with Gasteiger partial charge in [-0.2, -0.15) is 4.31 Å². The average Bonchev–Trinajstić information content (AvgIpc) is 3.17. The Morgan fingerprint density at radius 2 is 1.87 bits per heavy atom. The highest BCUT2D eigenvalue weighted by molar-refractivity contribution is 7.89. The van der Waals surface area contributed by atoms with Gasteiger partial charge in [0, 0.05) is 42.3 Å². The Balaban J connectivity index is 1.46. The standard InChI is InChI=1S/C22H24FN3O3S/c23-19-9-8-16(14-21(19)30(28,29)26-12-4-1-5-13-26)22(27)24-11-10-17-15-25-20-7-3-2-6-18(17)20/h2-3,6-9,14-15,25H,1,4-5,10-13H2,(H,24,27). The SMILES string of the molecule is O=C(NCCc1c[nH]c2ccccc12)c1ccc(F)c(S(=O)(=O)N2CCCCC2)c1. The van der Waals surface area contributed by atoms with Crippen LogP contribution in [0.15, 0.2) is 53.6 Å². The number of halogens is 1. The van der Waals surface area contributed by atoms with Gasteiger partial charge in [-0.25, -0.2) is 12.8 Å². The first-order valence-corrected chi connectivity index (χ1v) is 11.5. The number of carbonyl (C=O) groups is 1. The number of nitrogens with zero attached hydrogens (tertiary/aromatic N) is 1. The minimum Gasteiger partial charge on any atom is -0.361 e. The number of amides is 1. The van der Waals surface area contributed by atoms with Crippen LogP contribution in [-0.2, 0) is 16.4 Å². The van der Waals surface area contributed by atoms with Gasteiger partial charge in [-0.15, -0.1) is 0 Å². The fourth-order valence-corrected chi connectivity index (χ4v) is 5.45. The van der Waals surface area contributed by atoms with Gasteiger partial charge in [-0.3, -0.25) is 4.79 Å². The van der Waals surface area contributed by atoms with Gasteiger partial charge in [0.1, 0.15) is 10.7 Å². The predicted molar refractivity (Wildman–Crippen MR) is 113 cm³/mol. The second-order valence-corrected chi connectivity index (χ2v) is 9.38. The van der Waals surface area contributed by atoms with Crippen LogP contribution in [0.25, 0.3) is 10.9 Å². The molecule has 8 heteroatoms. The van der Waals surface area contributed by atoms with Crippen molar-refractivity contribution in [3.05, 3.63) is 65.6 Å². The molecule has 0 saturated carbocycles. The number of sulfonamides is 1. The number of fused-ring (bicyclic) bond motifs is 1. The monoisotopic (exact) mass is 429 g/mol. The van der Waals surface area contributed by atoms with Gasteiger partial charge in [-0.1, -0.05) is 24.6 Å². The lowest BCUT2D eigenvalue weighted by Gasteiger charge is -2.26. The Bertz CT molecular complexity index is 1170. The van der Waals surface area contributed by atoms with Crippen LogP contribution in [0, 0.1) is 5.82 Å². The number of hydrogen-bond acceptors (Lipinski definition) is 3. The lowest BCUT2D eigenvalue weighted by Crippen LogP contribution is -2.36. The van der Waals surface area contributed by atoms with Crippen molar-refractivity contribution in [1.82, 2.24) is 14.6 Å². The lowest BCUT2D eigenvalue weighted by molar-refractivity contribution is 0.0954. The number of para-hydroxylation sites is 1. The van der Waals surface area contributed by atoms with Gasteiger partial charge in [0.2, 0.25) is 10.0 Å². The summed E-state index contributed by atoms with van der Waals surface area (Å²) >= 11 is 0. The van der Waals surface area contributed by atoms with E-state index in [-0.39, 0.29) is 5.56 Å². The fourth-order valence-electron chi connectivity index (χ4n) is 3.84. The average molecular weight is 430 g/mol. The lowest BCUT2D eigenvalue weighted by atomic mass is 10.1. The third-order valence-corrected chi connectivity index (χ3v) is 7.39. The number of nitrogens with one attached hydrogen (secondary N) is 2. The van der Waals surface area contributed by atoms with Crippen molar-refractivity contribution >= 4 is 26.8 Å². The molecule has 2 N–H and O–H groups in total. The van der Waals surface area contributed by atoms with E-state index in [4.69, 9.17) is 0 Å². The maximum atomic E-state index is 14.3. The summed E-state index contributed by atoms with van der Waals surface area (Å²) in [6.45, 7) is 1.14. The quantitative estimate of drug-likeness (QED) is 0.630. The number of H-pyrrole nitrogens is 1. The molecule has 158 valence electrons. The molecule has 1 amide bonds. The van der Waals surface area contributed by atoms with Crippen LogP contribution < -0.4 is 5.32 Å². The van der Waals surface area contributed by atoms with Gasteiger partial charge in [0.05, 0.1) is 0 Å². The first-order valence-electron chi connectivity index (χ1n) is 10.1. The Hall–Kier alpha value is -2.71. The second kappa shape index (κ2) is 8.57. The maximum absolute atomic E-state index is 14.3. The molecule has 0 bridgehead atoms. The molecule has 30 heavy (non-hydrogen) atoms.